The summed E-state index contributed by atoms with van der Waals surface area (Å²) in [7, 11) is 0. The van der Waals surface area contributed by atoms with E-state index < -0.39 is 5.60 Å². The maximum Gasteiger partial charge on any atom is 0.212 e. The van der Waals surface area contributed by atoms with Crippen molar-refractivity contribution >= 4 is 12.2 Å². The summed E-state index contributed by atoms with van der Waals surface area (Å²) in [6.45, 7) is 6.50. The third-order valence-corrected chi connectivity index (χ3v) is 10.5. The van der Waals surface area contributed by atoms with E-state index in [0.717, 1.165) is 64.0 Å². The van der Waals surface area contributed by atoms with E-state index in [1.807, 2.05) is 12.2 Å². The molecule has 0 spiro atoms. The molecule has 4 aliphatic carbocycles. The van der Waals surface area contributed by atoms with Gasteiger partial charge in [0.2, 0.25) is 5.96 Å². The lowest BCUT2D eigenvalue weighted by atomic mass is 9.43. The lowest BCUT2D eigenvalue weighted by Crippen LogP contribution is -2.62. The summed E-state index contributed by atoms with van der Waals surface area (Å²) in [5.41, 5.74) is 2.59. The van der Waals surface area contributed by atoms with Crippen LogP contribution in [-0.4, -0.2) is 47.2 Å². The number of aliphatic hydroxyl groups excluding tert-OH is 1. The average molecular weight is 455 g/mol. The van der Waals surface area contributed by atoms with Crippen molar-refractivity contribution in [2.75, 3.05) is 13.1 Å². The number of hydrogen-bond donors (Lipinski definition) is 4. The Kier molecular flexibility index (Phi) is 6.19. The number of fused-ring (bicyclic) bond motifs is 5. The van der Waals surface area contributed by atoms with Crippen molar-refractivity contribution < 1.29 is 10.2 Å². The van der Waals surface area contributed by atoms with E-state index in [1.165, 1.54) is 12.8 Å². The van der Waals surface area contributed by atoms with Crippen LogP contribution in [0.25, 0.3) is 0 Å². The van der Waals surface area contributed by atoms with Crippen molar-refractivity contribution in [3.8, 4) is 0 Å². The molecule has 33 heavy (non-hydrogen) atoms. The minimum absolute atomic E-state index is 0.0438. The first-order valence-corrected chi connectivity index (χ1v) is 13.2. The number of hydrogen-bond acceptors (Lipinski definition) is 6. The Hall–Kier alpha value is -1.66. The molecule has 1 aliphatic heterocycles. The second-order valence-corrected chi connectivity index (χ2v) is 11.8. The molecule has 0 aromatic rings. The van der Waals surface area contributed by atoms with Crippen molar-refractivity contribution in [2.45, 2.75) is 83.3 Å². The maximum atomic E-state index is 12.2. The number of hydrazone groups is 1. The molecule has 0 aromatic carbocycles. The van der Waals surface area contributed by atoms with Crippen LogP contribution in [-0.2, 0) is 0 Å². The predicted molar refractivity (Wildman–Crippen MR) is 133 cm³/mol. The van der Waals surface area contributed by atoms with Gasteiger partial charge >= 0.3 is 0 Å². The van der Waals surface area contributed by atoms with Crippen molar-refractivity contribution in [3.05, 3.63) is 24.3 Å². The Bertz CT molecular complexity index is 853. The molecule has 0 bridgehead atoms. The number of aliphatic imine (C=N–C) groups is 1. The molecule has 0 unspecified atom stereocenters. The molecule has 1 heterocycles. The van der Waals surface area contributed by atoms with Crippen LogP contribution in [0.1, 0.15) is 71.6 Å². The molecule has 4 fully saturated rings. The zero-order valence-electron chi connectivity index (χ0n) is 20.3. The molecule has 5 aliphatic rings. The SMILES string of the molecule is C[C@]12CC[C@H](O)C[C@H]1CC[C@@H]1[C@@H]2CC[C@]2(C)[C@@H](/C=C/C=C/C=N/NC3=NCCN3)CC[C@]12O. The van der Waals surface area contributed by atoms with Crippen molar-refractivity contribution in [2.24, 2.45) is 44.6 Å². The second-order valence-electron chi connectivity index (χ2n) is 11.8. The van der Waals surface area contributed by atoms with Gasteiger partial charge in [-0.2, -0.15) is 5.10 Å². The number of allylic oxidation sites excluding steroid dienone is 4. The van der Waals surface area contributed by atoms with E-state index in [4.69, 9.17) is 0 Å². The van der Waals surface area contributed by atoms with Gasteiger partial charge in [0.25, 0.3) is 0 Å². The van der Waals surface area contributed by atoms with Gasteiger partial charge in [-0.1, -0.05) is 32.1 Å². The molecule has 182 valence electrons. The van der Waals surface area contributed by atoms with Crippen LogP contribution in [0.2, 0.25) is 0 Å². The predicted octanol–water partition coefficient (Wildman–Crippen LogP) is 3.77. The Morgan fingerprint density at radius 3 is 2.73 bits per heavy atom. The molecular weight excluding hydrogens is 412 g/mol. The number of nitrogens with one attached hydrogen (secondary N) is 2. The van der Waals surface area contributed by atoms with Gasteiger partial charge < -0.3 is 15.5 Å². The van der Waals surface area contributed by atoms with Crippen LogP contribution in [0.15, 0.2) is 34.4 Å². The minimum atomic E-state index is -0.556. The highest BCUT2D eigenvalue weighted by molar-refractivity contribution is 5.82. The van der Waals surface area contributed by atoms with Gasteiger partial charge in [0, 0.05) is 18.2 Å². The highest BCUT2D eigenvalue weighted by atomic mass is 16.3. The van der Waals surface area contributed by atoms with Gasteiger partial charge in [-0.05, 0) is 93.0 Å². The topological polar surface area (TPSA) is 89.2 Å². The minimum Gasteiger partial charge on any atom is -0.393 e. The summed E-state index contributed by atoms with van der Waals surface area (Å²) in [5, 5.41) is 29.8. The van der Waals surface area contributed by atoms with E-state index in [0.29, 0.717) is 29.1 Å². The molecule has 4 N–H and O–H groups in total. The molecule has 5 rings (SSSR count). The van der Waals surface area contributed by atoms with Gasteiger partial charge in [-0.25, -0.2) is 10.4 Å². The third-order valence-electron chi connectivity index (χ3n) is 10.5. The van der Waals surface area contributed by atoms with Crippen molar-refractivity contribution in [1.82, 2.24) is 10.7 Å². The largest absolute Gasteiger partial charge is 0.393 e. The van der Waals surface area contributed by atoms with Crippen molar-refractivity contribution in [3.63, 3.8) is 0 Å². The van der Waals surface area contributed by atoms with Gasteiger partial charge in [-0.15, -0.1) is 0 Å². The highest BCUT2D eigenvalue weighted by Crippen LogP contribution is 2.69. The zero-order valence-corrected chi connectivity index (χ0v) is 20.3. The lowest BCUT2D eigenvalue weighted by molar-refractivity contribution is -0.207. The maximum absolute atomic E-state index is 12.2. The zero-order chi connectivity index (χ0) is 23.1. The molecule has 0 saturated heterocycles. The molecular formula is C27H42N4O2. The standard InChI is InChI=1S/C27H42N4O2/c1-25-12-10-21(32)18-20(25)7-8-23-22(25)11-13-26(2)19(9-14-27(23,26)33)6-4-3-5-15-30-31-24-28-16-17-29-24/h3-6,15,19-23,32-33H,7-14,16-18H2,1-2H3,(H2,28,29,31)/b5-3+,6-4+,30-15+/t19-,20+,21-,22-,23+,25-,26+,27-/m0/s1. The fourth-order valence-corrected chi connectivity index (χ4v) is 8.48. The molecule has 6 heteroatoms. The number of aliphatic hydroxyl groups is 2. The first-order chi connectivity index (χ1) is 15.9. The van der Waals surface area contributed by atoms with Crippen LogP contribution in [0.3, 0.4) is 0 Å². The summed E-state index contributed by atoms with van der Waals surface area (Å²) in [4.78, 5) is 4.24. The number of nitrogens with zero attached hydrogens (tertiary/aromatic N) is 2. The Morgan fingerprint density at radius 1 is 1.03 bits per heavy atom. The first kappa shape index (κ1) is 23.1. The number of rotatable bonds is 4. The molecule has 6 nitrogen and oxygen atoms in total. The third kappa shape index (κ3) is 3.87. The highest BCUT2D eigenvalue weighted by Gasteiger charge is 2.66. The van der Waals surface area contributed by atoms with Crippen molar-refractivity contribution in [1.29, 1.82) is 0 Å². The average Bonchev–Trinajstić information content (AvgIpc) is 3.40. The van der Waals surface area contributed by atoms with E-state index in [2.05, 4.69) is 46.8 Å². The molecule has 0 amide bonds. The normalized spacial score (nSPS) is 47.4. The van der Waals surface area contributed by atoms with E-state index in [-0.39, 0.29) is 11.5 Å². The summed E-state index contributed by atoms with van der Waals surface area (Å²) in [6.07, 6.45) is 19.7. The second kappa shape index (κ2) is 8.84. The quantitative estimate of drug-likeness (QED) is 0.296. The molecule has 4 saturated carbocycles. The smallest absolute Gasteiger partial charge is 0.212 e. The van der Waals surface area contributed by atoms with Crippen LogP contribution in [0.4, 0.5) is 0 Å². The lowest BCUT2D eigenvalue weighted by Gasteiger charge is -2.63. The van der Waals surface area contributed by atoms with Crippen LogP contribution >= 0.6 is 0 Å². The molecule has 8 atom stereocenters. The monoisotopic (exact) mass is 454 g/mol. The van der Waals surface area contributed by atoms with E-state index >= 15 is 0 Å². The first-order valence-electron chi connectivity index (χ1n) is 13.2. The van der Waals surface area contributed by atoms with Crippen LogP contribution in [0.5, 0.6) is 0 Å². The summed E-state index contributed by atoms with van der Waals surface area (Å²) >= 11 is 0. The van der Waals surface area contributed by atoms with E-state index in [9.17, 15) is 10.2 Å². The van der Waals surface area contributed by atoms with Gasteiger partial charge in [-0.3, -0.25) is 0 Å². The summed E-state index contributed by atoms with van der Waals surface area (Å²) < 4.78 is 0. The van der Waals surface area contributed by atoms with Gasteiger partial charge in [0.1, 0.15) is 0 Å². The Labute approximate surface area is 198 Å². The summed E-state index contributed by atoms with van der Waals surface area (Å²) in [6, 6.07) is 0. The fourth-order valence-electron chi connectivity index (χ4n) is 8.48. The van der Waals surface area contributed by atoms with Gasteiger partial charge in [0.15, 0.2) is 0 Å². The number of guanidine groups is 1. The Morgan fingerprint density at radius 2 is 1.91 bits per heavy atom. The van der Waals surface area contributed by atoms with E-state index in [1.54, 1.807) is 6.21 Å². The van der Waals surface area contributed by atoms with Crippen LogP contribution in [0, 0.1) is 34.5 Å². The van der Waals surface area contributed by atoms with Crippen LogP contribution < -0.4 is 10.7 Å². The Balaban J connectivity index is 1.24. The van der Waals surface area contributed by atoms with Gasteiger partial charge in [0.05, 0.1) is 18.2 Å². The molecule has 0 radical (unpaired) electrons. The summed E-state index contributed by atoms with van der Waals surface area (Å²) in [5.74, 6) is 2.79. The molecule has 0 aromatic heterocycles. The fraction of sp³-hybridized carbons (Fsp3) is 0.778.